The topological polar surface area (TPSA) is 57.6 Å². The molecule has 108 valence electrons. The highest BCUT2D eigenvalue weighted by Crippen LogP contribution is 2.22. The molecule has 6 heteroatoms. The van der Waals surface area contributed by atoms with Crippen LogP contribution in [0.1, 0.15) is 32.3 Å². The van der Waals surface area contributed by atoms with Crippen LogP contribution in [0.4, 0.5) is 4.39 Å². The molecule has 0 unspecified atom stereocenters. The summed E-state index contributed by atoms with van der Waals surface area (Å²) >= 11 is 0. The molecule has 0 aromatic heterocycles. The van der Waals surface area contributed by atoms with Crippen molar-refractivity contribution in [1.29, 1.82) is 0 Å². The van der Waals surface area contributed by atoms with Crippen molar-refractivity contribution < 1.29 is 17.9 Å². The van der Waals surface area contributed by atoms with Crippen LogP contribution in [0.15, 0.2) is 23.1 Å². The predicted molar refractivity (Wildman–Crippen MR) is 71.7 cm³/mol. The van der Waals surface area contributed by atoms with E-state index in [-0.39, 0.29) is 10.5 Å². The molecule has 1 rings (SSSR count). The van der Waals surface area contributed by atoms with Gasteiger partial charge in [0.05, 0.1) is 11.5 Å². The maximum Gasteiger partial charge on any atom is 0.243 e. The molecule has 0 saturated carbocycles. The van der Waals surface area contributed by atoms with E-state index in [4.69, 9.17) is 0 Å². The van der Waals surface area contributed by atoms with E-state index in [1.807, 2.05) is 6.92 Å². The average molecular weight is 289 g/mol. The van der Waals surface area contributed by atoms with Gasteiger partial charge >= 0.3 is 0 Å². The molecule has 0 fully saturated rings. The molecule has 4 nitrogen and oxygen atoms in total. The lowest BCUT2D eigenvalue weighted by atomic mass is 10.2. The molecule has 1 aromatic carbocycles. The zero-order valence-electron chi connectivity index (χ0n) is 11.3. The number of sulfonamides is 1. The lowest BCUT2D eigenvalue weighted by Gasteiger charge is -2.21. The third-order valence-electron chi connectivity index (χ3n) is 2.93. The lowest BCUT2D eigenvalue weighted by molar-refractivity contribution is 0.277. The van der Waals surface area contributed by atoms with Gasteiger partial charge in [0.1, 0.15) is 5.82 Å². The first-order valence-corrected chi connectivity index (χ1v) is 7.80. The Labute approximate surface area is 113 Å². The smallest absolute Gasteiger partial charge is 0.243 e. The van der Waals surface area contributed by atoms with Gasteiger partial charge in [-0.05, 0) is 24.1 Å². The first-order chi connectivity index (χ1) is 8.97. The quantitative estimate of drug-likeness (QED) is 0.836. The van der Waals surface area contributed by atoms with Crippen LogP contribution in [-0.2, 0) is 16.6 Å². The van der Waals surface area contributed by atoms with Crippen LogP contribution < -0.4 is 0 Å². The van der Waals surface area contributed by atoms with E-state index in [0.717, 1.165) is 25.0 Å². The van der Waals surface area contributed by atoms with E-state index in [1.165, 1.54) is 10.4 Å². The molecule has 19 heavy (non-hydrogen) atoms. The number of aliphatic hydroxyl groups is 1. The summed E-state index contributed by atoms with van der Waals surface area (Å²) in [6.45, 7) is 4.01. The Hall–Kier alpha value is -0.980. The van der Waals surface area contributed by atoms with Gasteiger partial charge in [-0.1, -0.05) is 26.3 Å². The minimum atomic E-state index is -3.76. The zero-order chi connectivity index (χ0) is 14.5. The Bertz CT molecular complexity index is 517. The number of unbranched alkanes of at least 4 members (excludes halogenated alkanes) is 1. The molecule has 0 bridgehead atoms. The highest BCUT2D eigenvalue weighted by atomic mass is 32.2. The molecule has 1 aromatic rings. The number of benzene rings is 1. The number of nitrogens with zero attached hydrogens (tertiary/aromatic N) is 1. The van der Waals surface area contributed by atoms with Crippen molar-refractivity contribution in [2.75, 3.05) is 13.1 Å². The zero-order valence-corrected chi connectivity index (χ0v) is 12.1. The van der Waals surface area contributed by atoms with Crippen molar-refractivity contribution in [2.45, 2.75) is 38.2 Å². The van der Waals surface area contributed by atoms with Gasteiger partial charge in [-0.25, -0.2) is 12.8 Å². The second-order valence-corrected chi connectivity index (χ2v) is 6.17. The van der Waals surface area contributed by atoms with Crippen molar-refractivity contribution in [3.8, 4) is 0 Å². The van der Waals surface area contributed by atoms with Gasteiger partial charge in [-0.3, -0.25) is 0 Å². The second-order valence-electron chi connectivity index (χ2n) is 4.26. The number of hydrogen-bond acceptors (Lipinski definition) is 3. The summed E-state index contributed by atoms with van der Waals surface area (Å²) in [4.78, 5) is -0.145. The lowest BCUT2D eigenvalue weighted by Crippen LogP contribution is -2.32. The Morgan fingerprint density at radius 3 is 2.53 bits per heavy atom. The van der Waals surface area contributed by atoms with Crippen molar-refractivity contribution >= 4 is 10.0 Å². The first-order valence-electron chi connectivity index (χ1n) is 6.36. The molecule has 0 radical (unpaired) electrons. The Morgan fingerprint density at radius 1 is 1.32 bits per heavy atom. The molecule has 0 amide bonds. The first kappa shape index (κ1) is 16.1. The molecular formula is C13H20FNO3S. The van der Waals surface area contributed by atoms with E-state index in [1.54, 1.807) is 6.92 Å². The molecule has 0 heterocycles. The summed E-state index contributed by atoms with van der Waals surface area (Å²) in [5.41, 5.74) is 0.219. The molecule has 0 aliphatic heterocycles. The van der Waals surface area contributed by atoms with Crippen LogP contribution in [0.2, 0.25) is 0 Å². The summed E-state index contributed by atoms with van der Waals surface area (Å²) in [5, 5.41) is 9.20. The highest BCUT2D eigenvalue weighted by Gasteiger charge is 2.25. The Kier molecular flexibility index (Phi) is 5.90. The van der Waals surface area contributed by atoms with Crippen LogP contribution >= 0.6 is 0 Å². The fraction of sp³-hybridized carbons (Fsp3) is 0.538. The monoisotopic (exact) mass is 289 g/mol. The van der Waals surface area contributed by atoms with Crippen LogP contribution in [0.5, 0.6) is 0 Å². The third kappa shape index (κ3) is 3.75. The van der Waals surface area contributed by atoms with E-state index >= 15 is 0 Å². The number of hydrogen-bond donors (Lipinski definition) is 1. The summed E-state index contributed by atoms with van der Waals surface area (Å²) in [6.07, 6.45) is 1.62. The summed E-state index contributed by atoms with van der Waals surface area (Å²) < 4.78 is 39.5. The Balaban J connectivity index is 3.20. The summed E-state index contributed by atoms with van der Waals surface area (Å²) in [5.74, 6) is -0.623. The largest absolute Gasteiger partial charge is 0.392 e. The molecule has 0 aliphatic carbocycles. The maximum atomic E-state index is 13.3. The average Bonchev–Trinajstić information content (AvgIpc) is 2.39. The van der Waals surface area contributed by atoms with Crippen LogP contribution in [0.25, 0.3) is 0 Å². The maximum absolute atomic E-state index is 13.3. The fourth-order valence-electron chi connectivity index (χ4n) is 1.82. The van der Waals surface area contributed by atoms with Crippen molar-refractivity contribution in [2.24, 2.45) is 0 Å². The predicted octanol–water partition coefficient (Wildman–Crippen LogP) is 2.13. The Morgan fingerprint density at radius 2 is 2.00 bits per heavy atom. The minimum absolute atomic E-state index is 0.145. The van der Waals surface area contributed by atoms with Crippen molar-refractivity contribution in [3.05, 3.63) is 29.6 Å². The highest BCUT2D eigenvalue weighted by molar-refractivity contribution is 7.89. The van der Waals surface area contributed by atoms with Gasteiger partial charge < -0.3 is 5.11 Å². The molecular weight excluding hydrogens is 269 g/mol. The molecule has 0 spiro atoms. The van der Waals surface area contributed by atoms with E-state index in [2.05, 4.69) is 0 Å². The normalized spacial score (nSPS) is 12.1. The number of aliphatic hydroxyl groups excluding tert-OH is 1. The van der Waals surface area contributed by atoms with Crippen molar-refractivity contribution in [3.63, 3.8) is 0 Å². The van der Waals surface area contributed by atoms with E-state index in [9.17, 15) is 17.9 Å². The second kappa shape index (κ2) is 6.98. The summed E-state index contributed by atoms with van der Waals surface area (Å²) in [7, 11) is -3.76. The van der Waals surface area contributed by atoms with Crippen LogP contribution in [-0.4, -0.2) is 30.9 Å². The van der Waals surface area contributed by atoms with Gasteiger partial charge in [0.15, 0.2) is 0 Å². The molecule has 0 atom stereocenters. The SMILES string of the molecule is CCCCN(CC)S(=O)(=O)c1cc(F)ccc1CO. The third-order valence-corrected chi connectivity index (χ3v) is 4.99. The summed E-state index contributed by atoms with van der Waals surface area (Å²) in [6, 6.07) is 3.41. The van der Waals surface area contributed by atoms with Crippen LogP contribution in [0.3, 0.4) is 0 Å². The van der Waals surface area contributed by atoms with Gasteiger partial charge in [-0.15, -0.1) is 0 Å². The van der Waals surface area contributed by atoms with Gasteiger partial charge in [0.2, 0.25) is 10.0 Å². The molecule has 0 saturated heterocycles. The molecule has 1 N–H and O–H groups in total. The fourth-order valence-corrected chi connectivity index (χ4v) is 3.53. The number of rotatable bonds is 7. The van der Waals surface area contributed by atoms with Crippen molar-refractivity contribution in [1.82, 2.24) is 4.31 Å². The van der Waals surface area contributed by atoms with Gasteiger partial charge in [0, 0.05) is 13.1 Å². The van der Waals surface area contributed by atoms with E-state index < -0.39 is 22.4 Å². The standard InChI is InChI=1S/C13H20FNO3S/c1-3-5-8-15(4-2)19(17,18)13-9-12(14)7-6-11(13)10-16/h6-7,9,16H,3-5,8,10H2,1-2H3. The van der Waals surface area contributed by atoms with Crippen LogP contribution in [0, 0.1) is 5.82 Å². The van der Waals surface area contributed by atoms with Gasteiger partial charge in [0.25, 0.3) is 0 Å². The van der Waals surface area contributed by atoms with Gasteiger partial charge in [-0.2, -0.15) is 4.31 Å². The number of halogens is 1. The minimum Gasteiger partial charge on any atom is -0.392 e. The molecule has 0 aliphatic rings. The van der Waals surface area contributed by atoms with E-state index in [0.29, 0.717) is 13.1 Å².